The summed E-state index contributed by atoms with van der Waals surface area (Å²) < 4.78 is 1.82. The second-order valence-corrected chi connectivity index (χ2v) is 4.88. The molecule has 1 aromatic heterocycles. The van der Waals surface area contributed by atoms with Crippen LogP contribution in [0.15, 0.2) is 35.5 Å². The van der Waals surface area contributed by atoms with Gasteiger partial charge >= 0.3 is 0 Å². The SMILES string of the molecule is Cc1cc(SCc2cnn(C)c2)ccc1N. The molecule has 0 fully saturated rings. The highest BCUT2D eigenvalue weighted by molar-refractivity contribution is 7.98. The predicted octanol–water partition coefficient (Wildman–Crippen LogP) is 2.60. The van der Waals surface area contributed by atoms with E-state index >= 15 is 0 Å². The van der Waals surface area contributed by atoms with E-state index < -0.39 is 0 Å². The molecule has 2 N–H and O–H groups in total. The lowest BCUT2D eigenvalue weighted by atomic mass is 10.2. The van der Waals surface area contributed by atoms with Crippen molar-refractivity contribution >= 4 is 17.4 Å². The van der Waals surface area contributed by atoms with E-state index in [0.717, 1.165) is 17.0 Å². The maximum atomic E-state index is 5.78. The van der Waals surface area contributed by atoms with Gasteiger partial charge in [0.2, 0.25) is 0 Å². The van der Waals surface area contributed by atoms with Crippen molar-refractivity contribution < 1.29 is 0 Å². The quantitative estimate of drug-likeness (QED) is 0.654. The van der Waals surface area contributed by atoms with Crippen LogP contribution in [-0.4, -0.2) is 9.78 Å². The van der Waals surface area contributed by atoms with Crippen LogP contribution in [0.1, 0.15) is 11.1 Å². The summed E-state index contributed by atoms with van der Waals surface area (Å²) in [5.74, 6) is 0.942. The second-order valence-electron chi connectivity index (χ2n) is 3.83. The number of hydrogen-bond acceptors (Lipinski definition) is 3. The number of nitrogens with zero attached hydrogens (tertiary/aromatic N) is 2. The predicted molar refractivity (Wildman–Crippen MR) is 68.4 cm³/mol. The molecule has 84 valence electrons. The largest absolute Gasteiger partial charge is 0.399 e. The van der Waals surface area contributed by atoms with E-state index in [4.69, 9.17) is 5.73 Å². The Kier molecular flexibility index (Phi) is 3.19. The Hall–Kier alpha value is -1.42. The van der Waals surface area contributed by atoms with Crippen LogP contribution in [0.3, 0.4) is 0 Å². The van der Waals surface area contributed by atoms with Gasteiger partial charge in [-0.25, -0.2) is 0 Å². The number of benzene rings is 1. The first-order valence-corrected chi connectivity index (χ1v) is 6.10. The fourth-order valence-corrected chi connectivity index (χ4v) is 2.36. The monoisotopic (exact) mass is 233 g/mol. The summed E-state index contributed by atoms with van der Waals surface area (Å²) in [5.41, 5.74) is 9.00. The molecule has 4 heteroatoms. The number of anilines is 1. The van der Waals surface area contributed by atoms with Crippen molar-refractivity contribution in [1.29, 1.82) is 0 Å². The Morgan fingerprint density at radius 3 is 2.88 bits per heavy atom. The third kappa shape index (κ3) is 2.58. The second kappa shape index (κ2) is 4.61. The molecule has 0 saturated heterocycles. The summed E-state index contributed by atoms with van der Waals surface area (Å²) in [4.78, 5) is 1.25. The first-order chi connectivity index (χ1) is 7.65. The maximum absolute atomic E-state index is 5.78. The Bertz CT molecular complexity index is 491. The minimum absolute atomic E-state index is 0.853. The highest BCUT2D eigenvalue weighted by atomic mass is 32.2. The molecule has 0 saturated carbocycles. The van der Waals surface area contributed by atoms with Gasteiger partial charge < -0.3 is 5.73 Å². The highest BCUT2D eigenvalue weighted by Gasteiger charge is 2.00. The summed E-state index contributed by atoms with van der Waals surface area (Å²) in [5, 5.41) is 4.14. The highest BCUT2D eigenvalue weighted by Crippen LogP contribution is 2.25. The van der Waals surface area contributed by atoms with Gasteiger partial charge in [-0.05, 0) is 30.7 Å². The van der Waals surface area contributed by atoms with Crippen LogP contribution in [0.4, 0.5) is 5.69 Å². The van der Waals surface area contributed by atoms with Gasteiger partial charge in [-0.15, -0.1) is 11.8 Å². The minimum atomic E-state index is 0.853. The fourth-order valence-electron chi connectivity index (χ4n) is 1.45. The van der Waals surface area contributed by atoms with Crippen LogP contribution in [0.25, 0.3) is 0 Å². The van der Waals surface area contributed by atoms with E-state index in [0.29, 0.717) is 0 Å². The van der Waals surface area contributed by atoms with Gasteiger partial charge in [-0.1, -0.05) is 0 Å². The summed E-state index contributed by atoms with van der Waals surface area (Å²) in [7, 11) is 1.93. The standard InChI is InChI=1S/C12H15N3S/c1-9-5-11(3-4-12(9)13)16-8-10-6-14-15(2)7-10/h3-7H,8,13H2,1-2H3. The number of nitrogen functional groups attached to an aromatic ring is 1. The van der Waals surface area contributed by atoms with Crippen LogP contribution < -0.4 is 5.73 Å². The van der Waals surface area contributed by atoms with Gasteiger partial charge in [-0.2, -0.15) is 5.10 Å². The number of aryl methyl sites for hydroxylation is 2. The molecule has 16 heavy (non-hydrogen) atoms. The van der Waals surface area contributed by atoms with Crippen molar-refractivity contribution in [2.24, 2.45) is 7.05 Å². The van der Waals surface area contributed by atoms with Gasteiger partial charge in [-0.3, -0.25) is 4.68 Å². The van der Waals surface area contributed by atoms with Crippen LogP contribution >= 0.6 is 11.8 Å². The van der Waals surface area contributed by atoms with Crippen LogP contribution in [-0.2, 0) is 12.8 Å². The van der Waals surface area contributed by atoms with E-state index in [9.17, 15) is 0 Å². The Morgan fingerprint density at radius 2 is 2.25 bits per heavy atom. The average molecular weight is 233 g/mol. The van der Waals surface area contributed by atoms with E-state index in [1.54, 1.807) is 11.8 Å². The third-order valence-electron chi connectivity index (χ3n) is 2.41. The topological polar surface area (TPSA) is 43.8 Å². The first-order valence-electron chi connectivity index (χ1n) is 5.11. The number of nitrogens with two attached hydrogens (primary N) is 1. The zero-order valence-electron chi connectivity index (χ0n) is 9.47. The third-order valence-corrected chi connectivity index (χ3v) is 3.47. The minimum Gasteiger partial charge on any atom is -0.399 e. The molecule has 0 aliphatic carbocycles. The zero-order chi connectivity index (χ0) is 11.5. The fraction of sp³-hybridized carbons (Fsp3) is 0.250. The molecule has 0 atom stereocenters. The van der Waals surface area contributed by atoms with Crippen molar-refractivity contribution in [1.82, 2.24) is 9.78 Å². The molecular formula is C12H15N3S. The smallest absolute Gasteiger partial charge is 0.0530 e. The molecule has 2 aromatic rings. The molecular weight excluding hydrogens is 218 g/mol. The summed E-state index contributed by atoms with van der Waals surface area (Å²) in [6, 6.07) is 6.14. The van der Waals surface area contributed by atoms with Crippen molar-refractivity contribution in [3.05, 3.63) is 41.7 Å². The number of aromatic nitrogens is 2. The van der Waals surface area contributed by atoms with E-state index in [2.05, 4.69) is 17.2 Å². The zero-order valence-corrected chi connectivity index (χ0v) is 10.3. The van der Waals surface area contributed by atoms with Gasteiger partial charge in [0.1, 0.15) is 0 Å². The lowest BCUT2D eigenvalue weighted by Crippen LogP contribution is -1.88. The van der Waals surface area contributed by atoms with Gasteiger partial charge in [0.05, 0.1) is 6.20 Å². The summed E-state index contributed by atoms with van der Waals surface area (Å²) in [6.07, 6.45) is 3.94. The first kappa shape index (κ1) is 11.1. The van der Waals surface area contributed by atoms with Gasteiger partial charge in [0.25, 0.3) is 0 Å². The molecule has 0 unspecified atom stereocenters. The maximum Gasteiger partial charge on any atom is 0.0530 e. The Balaban J connectivity index is 2.02. The number of thioether (sulfide) groups is 1. The number of rotatable bonds is 3. The lowest BCUT2D eigenvalue weighted by Gasteiger charge is -2.03. The number of hydrogen-bond donors (Lipinski definition) is 1. The molecule has 0 aliphatic rings. The average Bonchev–Trinajstić information content (AvgIpc) is 2.66. The van der Waals surface area contributed by atoms with Crippen molar-refractivity contribution in [2.75, 3.05) is 5.73 Å². The van der Waals surface area contributed by atoms with Crippen molar-refractivity contribution in [2.45, 2.75) is 17.6 Å². The molecule has 1 aromatic carbocycles. The molecule has 2 rings (SSSR count). The van der Waals surface area contributed by atoms with Crippen LogP contribution in [0.5, 0.6) is 0 Å². The van der Waals surface area contributed by atoms with Crippen molar-refractivity contribution in [3.63, 3.8) is 0 Å². The van der Waals surface area contributed by atoms with E-state index in [-0.39, 0.29) is 0 Å². The van der Waals surface area contributed by atoms with Gasteiger partial charge in [0.15, 0.2) is 0 Å². The summed E-state index contributed by atoms with van der Waals surface area (Å²) >= 11 is 1.80. The molecule has 0 bridgehead atoms. The lowest BCUT2D eigenvalue weighted by molar-refractivity contribution is 0.767. The van der Waals surface area contributed by atoms with Gasteiger partial charge in [0, 0.05) is 35.1 Å². The van der Waals surface area contributed by atoms with E-state index in [1.165, 1.54) is 10.5 Å². The van der Waals surface area contributed by atoms with Crippen molar-refractivity contribution in [3.8, 4) is 0 Å². The molecule has 3 nitrogen and oxygen atoms in total. The van der Waals surface area contributed by atoms with Crippen LogP contribution in [0, 0.1) is 6.92 Å². The Labute approximate surface area is 99.7 Å². The molecule has 0 spiro atoms. The van der Waals surface area contributed by atoms with Crippen LogP contribution in [0.2, 0.25) is 0 Å². The normalized spacial score (nSPS) is 10.6. The van der Waals surface area contributed by atoms with E-state index in [1.807, 2.05) is 37.1 Å². The molecule has 0 aliphatic heterocycles. The molecule has 0 radical (unpaired) electrons. The summed E-state index contributed by atoms with van der Waals surface area (Å²) in [6.45, 7) is 2.03. The Morgan fingerprint density at radius 1 is 1.44 bits per heavy atom. The molecule has 0 amide bonds. The molecule has 1 heterocycles.